The van der Waals surface area contributed by atoms with E-state index >= 15 is 0 Å². The zero-order valence-corrected chi connectivity index (χ0v) is 29.5. The van der Waals surface area contributed by atoms with Gasteiger partial charge in [0.2, 0.25) is 0 Å². The predicted molar refractivity (Wildman–Crippen MR) is 231 cm³/mol. The highest BCUT2D eigenvalue weighted by atomic mass is 14.7. The summed E-state index contributed by atoms with van der Waals surface area (Å²) in [6, 6.07) is 72.9. The molecule has 0 spiro atoms. The van der Waals surface area contributed by atoms with E-state index in [1.165, 1.54) is 87.2 Å². The van der Waals surface area contributed by atoms with Crippen molar-refractivity contribution in [1.29, 1.82) is 0 Å². The van der Waals surface area contributed by atoms with E-state index in [9.17, 15) is 0 Å². The monoisotopic (exact) mass is 683 g/mol. The lowest BCUT2D eigenvalue weighted by molar-refractivity contribution is 1.43. The molecule has 0 atom stereocenters. The van der Waals surface area contributed by atoms with Crippen LogP contribution >= 0.6 is 0 Å². The minimum atomic E-state index is 1.01. The van der Waals surface area contributed by atoms with E-state index in [0.29, 0.717) is 0 Å². The largest absolute Gasteiger partial charge is 0.247 e. The molecule has 0 saturated carbocycles. The van der Waals surface area contributed by atoms with Crippen LogP contribution < -0.4 is 0 Å². The summed E-state index contributed by atoms with van der Waals surface area (Å²) in [5.41, 5.74) is 10.5. The Labute approximate surface area is 313 Å². The van der Waals surface area contributed by atoms with Crippen molar-refractivity contribution < 1.29 is 0 Å². The summed E-state index contributed by atoms with van der Waals surface area (Å²) in [5, 5.41) is 13.6. The second kappa shape index (κ2) is 12.3. The molecule has 0 aliphatic carbocycles. The number of benzene rings is 10. The molecule has 1 nitrogen and oxygen atoms in total. The van der Waals surface area contributed by atoms with Crippen LogP contribution in [0.3, 0.4) is 0 Å². The zero-order valence-electron chi connectivity index (χ0n) is 29.5. The average Bonchev–Trinajstić information content (AvgIpc) is 3.25. The molecule has 0 unspecified atom stereocenters. The first kappa shape index (κ1) is 30.5. The molecule has 0 fully saturated rings. The van der Waals surface area contributed by atoms with Gasteiger partial charge in [-0.2, -0.15) is 0 Å². The number of hydrogen-bond donors (Lipinski definition) is 0. The molecule has 0 aliphatic heterocycles. The molecule has 0 aliphatic rings. The van der Waals surface area contributed by atoms with Crippen LogP contribution in [-0.4, -0.2) is 4.98 Å². The second-order valence-corrected chi connectivity index (χ2v) is 14.2. The van der Waals surface area contributed by atoms with Crippen molar-refractivity contribution >= 4 is 64.8 Å². The van der Waals surface area contributed by atoms with Gasteiger partial charge in [0.05, 0.1) is 11.2 Å². The van der Waals surface area contributed by atoms with Crippen molar-refractivity contribution in [3.8, 4) is 44.6 Å². The SMILES string of the molecule is c1ccc(-c2c3ccccc3c(-c3ccc(-c4cc5c(-c6ccc7ccccc7c6)nc6ccccc6c5c5ccccc45)cc3)c3ccccc23)cc1. The summed E-state index contributed by atoms with van der Waals surface area (Å²) in [7, 11) is 0. The van der Waals surface area contributed by atoms with Gasteiger partial charge in [-0.15, -0.1) is 0 Å². The van der Waals surface area contributed by atoms with E-state index in [0.717, 1.165) is 22.2 Å². The van der Waals surface area contributed by atoms with Gasteiger partial charge in [-0.1, -0.05) is 182 Å². The van der Waals surface area contributed by atoms with Gasteiger partial charge in [0.1, 0.15) is 0 Å². The smallest absolute Gasteiger partial charge is 0.0788 e. The van der Waals surface area contributed by atoms with E-state index in [2.05, 4.69) is 200 Å². The van der Waals surface area contributed by atoms with Gasteiger partial charge in [-0.3, -0.25) is 0 Å². The van der Waals surface area contributed by atoms with Crippen molar-refractivity contribution in [2.75, 3.05) is 0 Å². The first-order valence-electron chi connectivity index (χ1n) is 18.6. The van der Waals surface area contributed by atoms with Gasteiger partial charge >= 0.3 is 0 Å². The number of nitrogens with zero attached hydrogens (tertiary/aromatic N) is 1. The molecule has 11 rings (SSSR count). The predicted octanol–water partition coefficient (Wildman–Crippen LogP) is 14.7. The zero-order chi connectivity index (χ0) is 35.6. The summed E-state index contributed by atoms with van der Waals surface area (Å²) in [6.45, 7) is 0. The molecule has 1 aromatic heterocycles. The summed E-state index contributed by atoms with van der Waals surface area (Å²) >= 11 is 0. The molecular weight excluding hydrogens is 651 g/mol. The summed E-state index contributed by atoms with van der Waals surface area (Å²) in [5.74, 6) is 0. The first-order valence-corrected chi connectivity index (χ1v) is 18.6. The van der Waals surface area contributed by atoms with Gasteiger partial charge in [0.15, 0.2) is 0 Å². The first-order chi connectivity index (χ1) is 26.8. The van der Waals surface area contributed by atoms with Crippen LogP contribution in [0.2, 0.25) is 0 Å². The third kappa shape index (κ3) is 4.76. The summed E-state index contributed by atoms with van der Waals surface area (Å²) < 4.78 is 0. The van der Waals surface area contributed by atoms with Gasteiger partial charge in [0.25, 0.3) is 0 Å². The van der Waals surface area contributed by atoms with E-state index in [1.54, 1.807) is 0 Å². The highest BCUT2D eigenvalue weighted by molar-refractivity contribution is 6.26. The molecule has 0 radical (unpaired) electrons. The highest BCUT2D eigenvalue weighted by Gasteiger charge is 2.19. The van der Waals surface area contributed by atoms with Crippen molar-refractivity contribution in [3.05, 3.63) is 200 Å². The van der Waals surface area contributed by atoms with Crippen molar-refractivity contribution in [3.63, 3.8) is 0 Å². The van der Waals surface area contributed by atoms with Gasteiger partial charge in [-0.25, -0.2) is 4.98 Å². The fourth-order valence-corrected chi connectivity index (χ4v) is 8.78. The lowest BCUT2D eigenvalue weighted by Crippen LogP contribution is -1.93. The number of fused-ring (bicyclic) bond motifs is 8. The van der Waals surface area contributed by atoms with Crippen LogP contribution in [0.4, 0.5) is 0 Å². The standard InChI is InChI=1S/C53H33N/c1-2-15-36(16-3-1)50-42-20-8-10-22-44(42)51(45-23-11-9-21-43(45)50)37-29-27-35(28-30-37)47-33-48-52(41-19-7-6-18-40(41)47)46-24-12-13-25-49(46)54-53(48)39-31-26-34-14-4-5-17-38(34)32-39/h1-33H. The van der Waals surface area contributed by atoms with Gasteiger partial charge < -0.3 is 0 Å². The van der Waals surface area contributed by atoms with Crippen molar-refractivity contribution in [2.45, 2.75) is 0 Å². The van der Waals surface area contributed by atoms with E-state index in [1.807, 2.05) is 0 Å². The van der Waals surface area contributed by atoms with Crippen molar-refractivity contribution in [1.82, 2.24) is 4.98 Å². The van der Waals surface area contributed by atoms with Crippen LogP contribution in [-0.2, 0) is 0 Å². The lowest BCUT2D eigenvalue weighted by Gasteiger charge is -2.18. The van der Waals surface area contributed by atoms with E-state index in [4.69, 9.17) is 4.98 Å². The van der Waals surface area contributed by atoms with Crippen LogP contribution in [0, 0.1) is 0 Å². The Balaban J connectivity index is 1.15. The molecule has 0 saturated heterocycles. The molecule has 54 heavy (non-hydrogen) atoms. The molecule has 1 heterocycles. The molecule has 10 aromatic carbocycles. The summed E-state index contributed by atoms with van der Waals surface area (Å²) in [6.07, 6.45) is 0. The van der Waals surface area contributed by atoms with Crippen LogP contribution in [0.5, 0.6) is 0 Å². The average molecular weight is 684 g/mol. The fourth-order valence-electron chi connectivity index (χ4n) is 8.78. The maximum absolute atomic E-state index is 5.36. The molecule has 0 amide bonds. The second-order valence-electron chi connectivity index (χ2n) is 14.2. The van der Waals surface area contributed by atoms with Crippen LogP contribution in [0.15, 0.2) is 200 Å². The Hall–Kier alpha value is -7.09. The van der Waals surface area contributed by atoms with Crippen LogP contribution in [0.25, 0.3) is 109 Å². The minimum absolute atomic E-state index is 1.01. The molecule has 0 N–H and O–H groups in total. The van der Waals surface area contributed by atoms with E-state index < -0.39 is 0 Å². The van der Waals surface area contributed by atoms with E-state index in [-0.39, 0.29) is 0 Å². The Morgan fingerprint density at radius 3 is 1.43 bits per heavy atom. The lowest BCUT2D eigenvalue weighted by atomic mass is 9.85. The molecule has 11 aromatic rings. The molecule has 250 valence electrons. The number of rotatable bonds is 4. The highest BCUT2D eigenvalue weighted by Crippen LogP contribution is 2.45. The third-order valence-corrected chi connectivity index (χ3v) is 11.2. The Bertz CT molecular complexity index is 3190. The normalized spacial score (nSPS) is 11.7. The maximum Gasteiger partial charge on any atom is 0.0788 e. The quantitative estimate of drug-likeness (QED) is 0.133. The molecule has 0 bridgehead atoms. The maximum atomic E-state index is 5.36. The summed E-state index contributed by atoms with van der Waals surface area (Å²) in [4.78, 5) is 5.36. The number of aromatic nitrogens is 1. The fraction of sp³-hybridized carbons (Fsp3) is 0. The molecular formula is C53H33N. The number of hydrogen-bond acceptors (Lipinski definition) is 1. The van der Waals surface area contributed by atoms with Gasteiger partial charge in [0, 0.05) is 21.7 Å². The Morgan fingerprint density at radius 1 is 0.278 bits per heavy atom. The minimum Gasteiger partial charge on any atom is -0.247 e. The van der Waals surface area contributed by atoms with Gasteiger partial charge in [-0.05, 0) is 94.7 Å². The Kier molecular flexibility index (Phi) is 6.93. The number of para-hydroxylation sites is 1. The Morgan fingerprint density at radius 2 is 0.759 bits per heavy atom. The number of pyridine rings is 1. The van der Waals surface area contributed by atoms with Crippen LogP contribution in [0.1, 0.15) is 0 Å². The topological polar surface area (TPSA) is 12.9 Å². The molecule has 1 heteroatoms. The third-order valence-electron chi connectivity index (χ3n) is 11.2. The van der Waals surface area contributed by atoms with Crippen molar-refractivity contribution in [2.24, 2.45) is 0 Å².